The van der Waals surface area contributed by atoms with Gasteiger partial charge in [0.2, 0.25) is 0 Å². The molecule has 3 heteroatoms. The van der Waals surface area contributed by atoms with Crippen LogP contribution in [0.5, 0.6) is 0 Å². The van der Waals surface area contributed by atoms with Gasteiger partial charge in [-0.2, -0.15) is 0 Å². The van der Waals surface area contributed by atoms with Gasteiger partial charge in [-0.3, -0.25) is 4.79 Å². The number of halogens is 1. The normalized spacial score (nSPS) is 11.1. The first kappa shape index (κ1) is 9.82. The highest BCUT2D eigenvalue weighted by Crippen LogP contribution is 2.34. The molecule has 2 aliphatic rings. The Morgan fingerprint density at radius 1 is 1.06 bits per heavy atom. The summed E-state index contributed by atoms with van der Waals surface area (Å²) < 4.78 is 1.10. The molecule has 1 aliphatic carbocycles. The second-order valence-corrected chi connectivity index (χ2v) is 5.06. The van der Waals surface area contributed by atoms with Crippen LogP contribution in [0.1, 0.15) is 0 Å². The van der Waals surface area contributed by atoms with Crippen LogP contribution in [-0.4, -0.2) is 0 Å². The maximum Gasteiger partial charge on any atom is 0.187 e. The minimum atomic E-state index is 0.0515. The predicted molar refractivity (Wildman–Crippen MR) is 69.7 cm³/mol. The molecule has 3 rings (SSSR count). The number of fused-ring (bicyclic) bond motifs is 2. The molecule has 0 bridgehead atoms. The van der Waals surface area contributed by atoms with Crippen LogP contribution in [0.25, 0.3) is 20.5 Å². The number of rotatable bonds is 0. The Hall–Kier alpha value is -1.38. The van der Waals surface area contributed by atoms with Gasteiger partial charge in [0, 0.05) is 25.5 Å². The Morgan fingerprint density at radius 3 is 2.75 bits per heavy atom. The first-order valence-corrected chi connectivity index (χ1v) is 6.06. The molecule has 0 radical (unpaired) electrons. The Kier molecular flexibility index (Phi) is 2.20. The molecule has 1 aliphatic heterocycles. The van der Waals surface area contributed by atoms with Crippen molar-refractivity contribution in [3.63, 3.8) is 0 Å². The summed E-state index contributed by atoms with van der Waals surface area (Å²) in [4.78, 5) is 12.7. The van der Waals surface area contributed by atoms with Gasteiger partial charge in [0.1, 0.15) is 0 Å². The van der Waals surface area contributed by atoms with E-state index in [0.29, 0.717) is 5.02 Å². The molecule has 0 saturated heterocycles. The van der Waals surface area contributed by atoms with Gasteiger partial charge < -0.3 is 0 Å². The van der Waals surface area contributed by atoms with Crippen molar-refractivity contribution in [1.29, 1.82) is 0 Å². The van der Waals surface area contributed by atoms with Crippen molar-refractivity contribution in [2.24, 2.45) is 0 Å². The molecule has 78 valence electrons. The zero-order chi connectivity index (χ0) is 11.1. The van der Waals surface area contributed by atoms with Crippen molar-refractivity contribution in [1.82, 2.24) is 0 Å². The Balaban J connectivity index is 2.56. The molecule has 1 nitrogen and oxygen atoms in total. The quantitative estimate of drug-likeness (QED) is 0.548. The van der Waals surface area contributed by atoms with E-state index < -0.39 is 0 Å². The lowest BCUT2D eigenvalue weighted by Gasteiger charge is -2.06. The Bertz CT molecular complexity index is 702. The van der Waals surface area contributed by atoms with Crippen LogP contribution in [0.2, 0.25) is 5.02 Å². The molecule has 0 aromatic heterocycles. The second-order valence-electron chi connectivity index (χ2n) is 3.57. The van der Waals surface area contributed by atoms with Crippen molar-refractivity contribution in [3.8, 4) is 10.4 Å². The van der Waals surface area contributed by atoms with Crippen molar-refractivity contribution in [2.75, 3.05) is 0 Å². The largest absolute Gasteiger partial charge is 0.289 e. The third-order valence-electron chi connectivity index (χ3n) is 2.55. The molecule has 16 heavy (non-hydrogen) atoms. The van der Waals surface area contributed by atoms with Crippen LogP contribution in [-0.2, 0) is 0 Å². The van der Waals surface area contributed by atoms with Crippen molar-refractivity contribution >= 4 is 33.0 Å². The highest BCUT2D eigenvalue weighted by atomic mass is 35.5. The Labute approximate surface area is 101 Å². The summed E-state index contributed by atoms with van der Waals surface area (Å²) in [6.07, 6.45) is 0. The molecule has 1 heterocycles. The van der Waals surface area contributed by atoms with Crippen LogP contribution >= 0.6 is 22.9 Å². The second kappa shape index (κ2) is 3.58. The topological polar surface area (TPSA) is 17.1 Å². The average Bonchev–Trinajstić information content (AvgIpc) is 2.28. The van der Waals surface area contributed by atoms with Gasteiger partial charge >= 0.3 is 0 Å². The molecule has 0 fully saturated rings. The van der Waals surface area contributed by atoms with Crippen molar-refractivity contribution < 1.29 is 0 Å². The van der Waals surface area contributed by atoms with E-state index in [1.807, 2.05) is 30.3 Å². The SMILES string of the molecule is O=c1cccc2sc3cccc(Cl)c3cc1-2. The zero-order valence-corrected chi connectivity index (χ0v) is 9.81. The van der Waals surface area contributed by atoms with Crippen LogP contribution in [0.15, 0.2) is 47.3 Å². The van der Waals surface area contributed by atoms with Crippen LogP contribution in [0.3, 0.4) is 0 Å². The van der Waals surface area contributed by atoms with Gasteiger partial charge in [-0.15, -0.1) is 11.3 Å². The fourth-order valence-corrected chi connectivity index (χ4v) is 3.13. The van der Waals surface area contributed by atoms with Gasteiger partial charge in [-0.1, -0.05) is 23.7 Å². The van der Waals surface area contributed by atoms with E-state index in [1.165, 1.54) is 0 Å². The summed E-state index contributed by atoms with van der Waals surface area (Å²) in [5.74, 6) is 0. The van der Waals surface area contributed by atoms with Crippen LogP contribution < -0.4 is 5.43 Å². The molecular formula is C13H7ClOS. The first-order chi connectivity index (χ1) is 7.75. The summed E-state index contributed by atoms with van der Waals surface area (Å²) in [7, 11) is 0. The number of benzene rings is 2. The monoisotopic (exact) mass is 246 g/mol. The first-order valence-electron chi connectivity index (χ1n) is 4.87. The highest BCUT2D eigenvalue weighted by molar-refractivity contribution is 7.21. The van der Waals surface area contributed by atoms with E-state index in [-0.39, 0.29) is 5.43 Å². The lowest BCUT2D eigenvalue weighted by molar-refractivity contribution is 1.59. The van der Waals surface area contributed by atoms with E-state index in [9.17, 15) is 4.79 Å². The fourth-order valence-electron chi connectivity index (χ4n) is 1.76. The molecule has 0 atom stereocenters. The third-order valence-corrected chi connectivity index (χ3v) is 4.03. The predicted octanol–water partition coefficient (Wildman–Crippen LogP) is 4.02. The van der Waals surface area contributed by atoms with Gasteiger partial charge in [0.05, 0.1) is 0 Å². The van der Waals surface area contributed by atoms with E-state index >= 15 is 0 Å². The fraction of sp³-hybridized carbons (Fsp3) is 0. The number of hydrogen-bond donors (Lipinski definition) is 0. The number of hydrogen-bond acceptors (Lipinski definition) is 2. The van der Waals surface area contributed by atoms with Crippen molar-refractivity contribution in [2.45, 2.75) is 0 Å². The maximum absolute atomic E-state index is 11.7. The maximum atomic E-state index is 11.7. The van der Waals surface area contributed by atoms with E-state index in [2.05, 4.69) is 0 Å². The summed E-state index contributed by atoms with van der Waals surface area (Å²) in [5.41, 5.74) is 0.795. The standard InChI is InChI=1S/C13H7ClOS/c14-10-3-1-5-12-8(10)7-9-11(15)4-2-6-13(9)16-12/h1-7H. The minimum Gasteiger partial charge on any atom is -0.289 e. The zero-order valence-electron chi connectivity index (χ0n) is 8.24. The van der Waals surface area contributed by atoms with Gasteiger partial charge in [-0.25, -0.2) is 0 Å². The molecule has 0 unspecified atom stereocenters. The van der Waals surface area contributed by atoms with Crippen LogP contribution in [0, 0.1) is 0 Å². The average molecular weight is 247 g/mol. The summed E-state index contributed by atoms with van der Waals surface area (Å²) in [5, 5.41) is 1.64. The van der Waals surface area contributed by atoms with E-state index in [1.54, 1.807) is 23.5 Å². The molecule has 1 aromatic carbocycles. The molecule has 0 spiro atoms. The van der Waals surface area contributed by atoms with Crippen LogP contribution in [0.4, 0.5) is 0 Å². The summed E-state index contributed by atoms with van der Waals surface area (Å²) >= 11 is 7.71. The van der Waals surface area contributed by atoms with Gasteiger partial charge in [0.25, 0.3) is 0 Å². The molecule has 1 aromatic rings. The molecular weight excluding hydrogens is 240 g/mol. The smallest absolute Gasteiger partial charge is 0.187 e. The molecule has 0 amide bonds. The van der Waals surface area contributed by atoms with Gasteiger partial charge in [-0.05, 0) is 30.3 Å². The molecule has 0 N–H and O–H groups in total. The summed E-state index contributed by atoms with van der Waals surface area (Å²) in [6, 6.07) is 13.0. The van der Waals surface area contributed by atoms with E-state index in [4.69, 9.17) is 11.6 Å². The lowest BCUT2D eigenvalue weighted by atomic mass is 10.1. The van der Waals surface area contributed by atoms with Gasteiger partial charge in [0.15, 0.2) is 5.43 Å². The third kappa shape index (κ3) is 1.42. The summed E-state index contributed by atoms with van der Waals surface area (Å²) in [6.45, 7) is 0. The highest BCUT2D eigenvalue weighted by Gasteiger charge is 2.09. The Morgan fingerprint density at radius 2 is 1.88 bits per heavy atom. The van der Waals surface area contributed by atoms with E-state index in [0.717, 1.165) is 20.5 Å². The molecule has 0 saturated carbocycles. The van der Waals surface area contributed by atoms with Crippen molar-refractivity contribution in [3.05, 3.63) is 57.7 Å². The lowest BCUT2D eigenvalue weighted by Crippen LogP contribution is -2.01. The minimum absolute atomic E-state index is 0.0515.